The zero-order chi connectivity index (χ0) is 14.4. The van der Waals surface area contributed by atoms with E-state index in [1.54, 1.807) is 7.11 Å². The number of aliphatic hydroxyl groups excluding tert-OH is 1. The minimum absolute atomic E-state index is 0.0299. The van der Waals surface area contributed by atoms with Gasteiger partial charge in [0.2, 0.25) is 0 Å². The highest BCUT2D eigenvalue weighted by molar-refractivity contribution is 5.35. The number of rotatable bonds is 6. The molecule has 0 spiro atoms. The summed E-state index contributed by atoms with van der Waals surface area (Å²) in [5.41, 5.74) is 2.33. The van der Waals surface area contributed by atoms with Crippen molar-refractivity contribution in [1.29, 1.82) is 0 Å². The summed E-state index contributed by atoms with van der Waals surface area (Å²) in [5, 5.41) is 12.7. The van der Waals surface area contributed by atoms with Crippen molar-refractivity contribution in [3.63, 3.8) is 0 Å². The van der Waals surface area contributed by atoms with Crippen molar-refractivity contribution in [2.24, 2.45) is 0 Å². The molecule has 20 heavy (non-hydrogen) atoms. The molecule has 2 aromatic rings. The lowest BCUT2D eigenvalue weighted by atomic mass is 9.98. The van der Waals surface area contributed by atoms with Gasteiger partial charge in [-0.05, 0) is 30.2 Å². The summed E-state index contributed by atoms with van der Waals surface area (Å²) in [6.07, 6.45) is 0. The molecule has 0 saturated heterocycles. The van der Waals surface area contributed by atoms with E-state index < -0.39 is 0 Å². The molecule has 0 aliphatic rings. The van der Waals surface area contributed by atoms with Crippen LogP contribution >= 0.6 is 0 Å². The van der Waals surface area contributed by atoms with Gasteiger partial charge in [0.15, 0.2) is 0 Å². The van der Waals surface area contributed by atoms with Crippen LogP contribution in [0.2, 0.25) is 0 Å². The van der Waals surface area contributed by atoms with Gasteiger partial charge in [0.05, 0.1) is 19.8 Å². The van der Waals surface area contributed by atoms with Gasteiger partial charge in [0.1, 0.15) is 5.75 Å². The van der Waals surface area contributed by atoms with Crippen molar-refractivity contribution in [3.05, 3.63) is 65.7 Å². The highest BCUT2D eigenvalue weighted by Gasteiger charge is 2.16. The normalized spacial score (nSPS) is 13.8. The third kappa shape index (κ3) is 3.59. The maximum atomic E-state index is 9.28. The van der Waals surface area contributed by atoms with Crippen molar-refractivity contribution in [3.8, 4) is 5.75 Å². The van der Waals surface area contributed by atoms with Gasteiger partial charge < -0.3 is 15.2 Å². The van der Waals surface area contributed by atoms with Crippen LogP contribution in [0.15, 0.2) is 54.6 Å². The van der Waals surface area contributed by atoms with E-state index in [2.05, 4.69) is 17.4 Å². The van der Waals surface area contributed by atoms with Gasteiger partial charge in [-0.25, -0.2) is 0 Å². The van der Waals surface area contributed by atoms with Gasteiger partial charge in [0, 0.05) is 6.04 Å². The van der Waals surface area contributed by atoms with Crippen LogP contribution in [-0.4, -0.2) is 24.9 Å². The molecule has 0 bridgehead atoms. The second-order valence-electron chi connectivity index (χ2n) is 4.87. The smallest absolute Gasteiger partial charge is 0.118 e. The monoisotopic (exact) mass is 271 g/mol. The van der Waals surface area contributed by atoms with Crippen LogP contribution in [0.4, 0.5) is 0 Å². The Hall–Kier alpha value is -1.84. The van der Waals surface area contributed by atoms with Crippen LogP contribution in [0.5, 0.6) is 5.75 Å². The van der Waals surface area contributed by atoms with E-state index in [0.29, 0.717) is 0 Å². The number of methoxy groups -OCH3 is 1. The van der Waals surface area contributed by atoms with Gasteiger partial charge in [-0.3, -0.25) is 0 Å². The lowest BCUT2D eigenvalue weighted by Crippen LogP contribution is -2.33. The Labute approximate surface area is 120 Å². The first kappa shape index (κ1) is 14.6. The average Bonchev–Trinajstić information content (AvgIpc) is 2.53. The van der Waals surface area contributed by atoms with E-state index in [0.717, 1.165) is 11.3 Å². The molecule has 106 valence electrons. The van der Waals surface area contributed by atoms with E-state index >= 15 is 0 Å². The molecule has 2 atom stereocenters. The molecule has 3 nitrogen and oxygen atoms in total. The Morgan fingerprint density at radius 1 is 1.00 bits per heavy atom. The number of hydrogen-bond donors (Lipinski definition) is 2. The zero-order valence-corrected chi connectivity index (χ0v) is 11.9. The number of benzene rings is 2. The van der Waals surface area contributed by atoms with Crippen LogP contribution in [0, 0.1) is 0 Å². The highest BCUT2D eigenvalue weighted by Crippen LogP contribution is 2.24. The van der Waals surface area contributed by atoms with E-state index in [1.807, 2.05) is 49.4 Å². The molecule has 0 aliphatic carbocycles. The minimum atomic E-state index is 0.0299. The Morgan fingerprint density at radius 3 is 2.15 bits per heavy atom. The third-order valence-corrected chi connectivity index (χ3v) is 3.31. The summed E-state index contributed by atoms with van der Waals surface area (Å²) in [7, 11) is 1.66. The molecule has 0 radical (unpaired) electrons. The number of nitrogens with one attached hydrogen (secondary N) is 1. The van der Waals surface area contributed by atoms with Crippen LogP contribution < -0.4 is 10.1 Å². The fourth-order valence-electron chi connectivity index (χ4n) is 2.16. The molecule has 2 unspecified atom stereocenters. The van der Waals surface area contributed by atoms with Gasteiger partial charge in [-0.2, -0.15) is 0 Å². The molecule has 0 amide bonds. The quantitative estimate of drug-likeness (QED) is 0.849. The fraction of sp³-hybridized carbons (Fsp3) is 0.294. The predicted octanol–water partition coefficient (Wildman–Crippen LogP) is 2.76. The van der Waals surface area contributed by atoms with Crippen molar-refractivity contribution in [2.45, 2.75) is 19.0 Å². The first-order chi connectivity index (χ1) is 9.74. The van der Waals surface area contributed by atoms with Gasteiger partial charge >= 0.3 is 0 Å². The maximum absolute atomic E-state index is 9.28. The van der Waals surface area contributed by atoms with Gasteiger partial charge in [-0.15, -0.1) is 0 Å². The average molecular weight is 271 g/mol. The molecular formula is C17H21NO2. The van der Waals surface area contributed by atoms with Crippen molar-refractivity contribution >= 4 is 0 Å². The van der Waals surface area contributed by atoms with E-state index in [-0.39, 0.29) is 18.7 Å². The van der Waals surface area contributed by atoms with Crippen LogP contribution in [0.1, 0.15) is 24.1 Å². The molecule has 2 aromatic carbocycles. The maximum Gasteiger partial charge on any atom is 0.118 e. The molecule has 2 rings (SSSR count). The number of hydrogen-bond acceptors (Lipinski definition) is 3. The first-order valence-electron chi connectivity index (χ1n) is 6.80. The van der Waals surface area contributed by atoms with Gasteiger partial charge in [-0.1, -0.05) is 42.5 Å². The molecule has 0 heterocycles. The molecule has 0 aliphatic heterocycles. The summed E-state index contributed by atoms with van der Waals surface area (Å²) < 4.78 is 5.20. The lowest BCUT2D eigenvalue weighted by molar-refractivity contribution is 0.245. The first-order valence-corrected chi connectivity index (χ1v) is 6.80. The molecule has 0 saturated carbocycles. The Bertz CT molecular complexity index is 510. The van der Waals surface area contributed by atoms with Gasteiger partial charge in [0.25, 0.3) is 0 Å². The zero-order valence-electron chi connectivity index (χ0n) is 11.9. The molecule has 2 N–H and O–H groups in total. The molecular weight excluding hydrogens is 250 g/mol. The Kier molecular flexibility index (Phi) is 5.16. The Morgan fingerprint density at radius 2 is 1.60 bits per heavy atom. The van der Waals surface area contributed by atoms with Crippen molar-refractivity contribution in [2.75, 3.05) is 13.7 Å². The number of ether oxygens (including phenoxy) is 1. The largest absolute Gasteiger partial charge is 0.497 e. The summed E-state index contributed by atoms with van der Waals surface area (Å²) in [6, 6.07) is 18.3. The predicted molar refractivity (Wildman–Crippen MR) is 81.0 cm³/mol. The van der Waals surface area contributed by atoms with Crippen LogP contribution in [0.3, 0.4) is 0 Å². The second-order valence-corrected chi connectivity index (χ2v) is 4.87. The van der Waals surface area contributed by atoms with Crippen LogP contribution in [0.25, 0.3) is 0 Å². The summed E-state index contributed by atoms with van der Waals surface area (Å²) >= 11 is 0. The molecule has 0 aromatic heterocycles. The second kappa shape index (κ2) is 7.08. The molecule has 0 fully saturated rings. The van der Waals surface area contributed by atoms with Crippen molar-refractivity contribution < 1.29 is 9.84 Å². The summed E-state index contributed by atoms with van der Waals surface area (Å²) in [5.74, 6) is 0.843. The van der Waals surface area contributed by atoms with E-state index in [9.17, 15) is 5.11 Å². The Balaban J connectivity index is 2.30. The van der Waals surface area contributed by atoms with Crippen LogP contribution in [-0.2, 0) is 0 Å². The SMILES string of the molecule is COc1ccc(C(NC(C)CO)c2ccccc2)cc1. The lowest BCUT2D eigenvalue weighted by Gasteiger charge is -2.23. The summed E-state index contributed by atoms with van der Waals surface area (Å²) in [6.45, 7) is 2.08. The minimum Gasteiger partial charge on any atom is -0.497 e. The number of aliphatic hydroxyl groups is 1. The third-order valence-electron chi connectivity index (χ3n) is 3.31. The summed E-state index contributed by atoms with van der Waals surface area (Å²) in [4.78, 5) is 0. The van der Waals surface area contributed by atoms with E-state index in [4.69, 9.17) is 4.74 Å². The standard InChI is InChI=1S/C17H21NO2/c1-13(12-19)18-17(14-6-4-3-5-7-14)15-8-10-16(20-2)11-9-15/h3-11,13,17-19H,12H2,1-2H3. The molecule has 3 heteroatoms. The van der Waals surface area contributed by atoms with E-state index in [1.165, 1.54) is 5.56 Å². The van der Waals surface area contributed by atoms with Crippen molar-refractivity contribution in [1.82, 2.24) is 5.32 Å². The highest BCUT2D eigenvalue weighted by atomic mass is 16.5. The topological polar surface area (TPSA) is 41.5 Å². The fourth-order valence-corrected chi connectivity index (χ4v) is 2.16.